The van der Waals surface area contributed by atoms with Crippen LogP contribution in [0.3, 0.4) is 0 Å². The van der Waals surface area contributed by atoms with E-state index in [1.54, 1.807) is 31.2 Å². The zero-order valence-electron chi connectivity index (χ0n) is 16.8. The van der Waals surface area contributed by atoms with Crippen LogP contribution in [0.1, 0.15) is 17.9 Å². The Morgan fingerprint density at radius 2 is 1.97 bits per heavy atom. The first kappa shape index (κ1) is 19.4. The Labute approximate surface area is 171 Å². The molecule has 0 saturated carbocycles. The number of carbonyl (C=O) groups is 1. The Bertz CT molecular complexity index is 1280. The van der Waals surface area contributed by atoms with E-state index in [4.69, 9.17) is 13.6 Å². The van der Waals surface area contributed by atoms with E-state index >= 15 is 0 Å². The van der Waals surface area contributed by atoms with Crippen LogP contribution < -0.4 is 15.8 Å². The molecule has 1 N–H and O–H groups in total. The Morgan fingerprint density at radius 1 is 1.13 bits per heavy atom. The van der Waals surface area contributed by atoms with Gasteiger partial charge < -0.3 is 18.9 Å². The Hall–Kier alpha value is -3.88. The fraction of sp³-hybridized carbons (Fsp3) is 0.238. The SMILES string of the molecule is COc1ccc(-c2nnc(C)o2)cc1NC(=O)CCn1c(=O)oc2ccc(C)cc21. The number of aromatic nitrogens is 3. The highest BCUT2D eigenvalue weighted by atomic mass is 16.5. The van der Waals surface area contributed by atoms with Crippen LogP contribution in [0, 0.1) is 13.8 Å². The number of nitrogens with zero attached hydrogens (tertiary/aromatic N) is 3. The molecule has 2 heterocycles. The van der Waals surface area contributed by atoms with Crippen molar-refractivity contribution in [2.75, 3.05) is 12.4 Å². The number of ether oxygens (including phenoxy) is 1. The number of methoxy groups -OCH3 is 1. The number of carbonyl (C=O) groups excluding carboxylic acids is 1. The van der Waals surface area contributed by atoms with E-state index in [9.17, 15) is 9.59 Å². The van der Waals surface area contributed by atoms with Crippen LogP contribution >= 0.6 is 0 Å². The summed E-state index contributed by atoms with van der Waals surface area (Å²) in [6.45, 7) is 3.82. The number of hydrogen-bond donors (Lipinski definition) is 1. The van der Waals surface area contributed by atoms with Gasteiger partial charge in [-0.1, -0.05) is 6.07 Å². The van der Waals surface area contributed by atoms with Gasteiger partial charge in [0.05, 0.1) is 18.3 Å². The second-order valence-corrected chi connectivity index (χ2v) is 6.83. The van der Waals surface area contributed by atoms with Gasteiger partial charge in [0.1, 0.15) is 5.75 Å². The Morgan fingerprint density at radius 3 is 2.70 bits per heavy atom. The van der Waals surface area contributed by atoms with Crippen molar-refractivity contribution >= 4 is 22.7 Å². The molecule has 154 valence electrons. The predicted molar refractivity (Wildman–Crippen MR) is 109 cm³/mol. The maximum Gasteiger partial charge on any atom is 0.419 e. The van der Waals surface area contributed by atoms with E-state index < -0.39 is 5.76 Å². The lowest BCUT2D eigenvalue weighted by molar-refractivity contribution is -0.116. The normalized spacial score (nSPS) is 11.0. The van der Waals surface area contributed by atoms with E-state index in [-0.39, 0.29) is 18.9 Å². The number of aryl methyl sites for hydroxylation is 3. The van der Waals surface area contributed by atoms with E-state index in [0.29, 0.717) is 39.9 Å². The molecule has 0 saturated heterocycles. The van der Waals surface area contributed by atoms with E-state index in [2.05, 4.69) is 15.5 Å². The summed E-state index contributed by atoms with van der Waals surface area (Å²) in [6, 6.07) is 10.6. The van der Waals surface area contributed by atoms with Crippen molar-refractivity contribution in [2.24, 2.45) is 0 Å². The number of benzene rings is 2. The highest BCUT2D eigenvalue weighted by Crippen LogP contribution is 2.30. The molecule has 0 spiro atoms. The van der Waals surface area contributed by atoms with Crippen molar-refractivity contribution in [3.05, 3.63) is 58.4 Å². The molecule has 4 aromatic rings. The summed E-state index contributed by atoms with van der Waals surface area (Å²) in [7, 11) is 1.51. The standard InChI is InChI=1S/C21H20N4O5/c1-12-4-6-18-16(10-12)25(21(27)30-18)9-8-19(26)22-15-11-14(5-7-17(15)28-3)20-24-23-13(2)29-20/h4-7,10-11H,8-9H2,1-3H3,(H,22,26). The van der Waals surface area contributed by atoms with Gasteiger partial charge in [-0.05, 0) is 42.8 Å². The van der Waals surface area contributed by atoms with Crippen LogP contribution in [0.5, 0.6) is 5.75 Å². The van der Waals surface area contributed by atoms with Crippen LogP contribution in [0.2, 0.25) is 0 Å². The van der Waals surface area contributed by atoms with Crippen molar-refractivity contribution < 1.29 is 18.4 Å². The number of amides is 1. The van der Waals surface area contributed by atoms with E-state index in [1.807, 2.05) is 19.1 Å². The minimum Gasteiger partial charge on any atom is -0.495 e. The van der Waals surface area contributed by atoms with Gasteiger partial charge in [0.25, 0.3) is 0 Å². The Kier molecular flexibility index (Phi) is 5.09. The third-order valence-electron chi connectivity index (χ3n) is 4.63. The summed E-state index contributed by atoms with van der Waals surface area (Å²) in [5, 5.41) is 10.6. The average molecular weight is 408 g/mol. The molecule has 0 bridgehead atoms. The summed E-state index contributed by atoms with van der Waals surface area (Å²) < 4.78 is 17.5. The number of fused-ring (bicyclic) bond motifs is 1. The highest BCUT2D eigenvalue weighted by molar-refractivity contribution is 5.93. The molecule has 9 heteroatoms. The maximum atomic E-state index is 12.6. The van der Waals surface area contributed by atoms with Crippen LogP contribution in [-0.4, -0.2) is 27.8 Å². The molecule has 2 aromatic carbocycles. The minimum atomic E-state index is -0.491. The van der Waals surface area contributed by atoms with Gasteiger partial charge in [0.15, 0.2) is 5.58 Å². The molecule has 2 aromatic heterocycles. The lowest BCUT2D eigenvalue weighted by Gasteiger charge is -2.11. The van der Waals surface area contributed by atoms with Gasteiger partial charge in [-0.15, -0.1) is 10.2 Å². The molecule has 0 aliphatic carbocycles. The van der Waals surface area contributed by atoms with Crippen LogP contribution in [0.25, 0.3) is 22.6 Å². The minimum absolute atomic E-state index is 0.0789. The van der Waals surface area contributed by atoms with E-state index in [0.717, 1.165) is 5.56 Å². The molecule has 0 aliphatic heterocycles. The van der Waals surface area contributed by atoms with Crippen LogP contribution in [0.4, 0.5) is 5.69 Å². The number of hydrogen-bond acceptors (Lipinski definition) is 7. The number of oxazole rings is 1. The second-order valence-electron chi connectivity index (χ2n) is 6.83. The molecule has 1 amide bonds. The third-order valence-corrected chi connectivity index (χ3v) is 4.63. The molecule has 0 radical (unpaired) electrons. The van der Waals surface area contributed by atoms with Gasteiger partial charge in [-0.3, -0.25) is 9.36 Å². The fourth-order valence-electron chi connectivity index (χ4n) is 3.16. The molecule has 0 unspecified atom stereocenters. The molecule has 9 nitrogen and oxygen atoms in total. The average Bonchev–Trinajstić information content (AvgIpc) is 3.29. The van der Waals surface area contributed by atoms with Crippen LogP contribution in [0.15, 0.2) is 50.0 Å². The van der Waals surface area contributed by atoms with Crippen molar-refractivity contribution in [2.45, 2.75) is 26.8 Å². The smallest absolute Gasteiger partial charge is 0.419 e. The maximum absolute atomic E-state index is 12.6. The fourth-order valence-corrected chi connectivity index (χ4v) is 3.16. The number of nitrogens with one attached hydrogen (secondary N) is 1. The van der Waals surface area contributed by atoms with Crippen molar-refractivity contribution in [3.63, 3.8) is 0 Å². The van der Waals surface area contributed by atoms with Gasteiger partial charge in [0, 0.05) is 25.5 Å². The monoisotopic (exact) mass is 408 g/mol. The molecule has 4 rings (SSSR count). The first-order valence-electron chi connectivity index (χ1n) is 9.33. The number of rotatable bonds is 6. The van der Waals surface area contributed by atoms with Crippen molar-refractivity contribution in [3.8, 4) is 17.2 Å². The lowest BCUT2D eigenvalue weighted by atomic mass is 10.1. The first-order valence-corrected chi connectivity index (χ1v) is 9.33. The zero-order chi connectivity index (χ0) is 21.3. The van der Waals surface area contributed by atoms with Crippen molar-refractivity contribution in [1.29, 1.82) is 0 Å². The summed E-state index contributed by atoms with van der Waals surface area (Å²) in [5.74, 6) is 0.512. The van der Waals surface area contributed by atoms with Crippen molar-refractivity contribution in [1.82, 2.24) is 14.8 Å². The van der Waals surface area contributed by atoms with Crippen LogP contribution in [-0.2, 0) is 11.3 Å². The number of anilines is 1. The molecule has 30 heavy (non-hydrogen) atoms. The lowest BCUT2D eigenvalue weighted by Crippen LogP contribution is -2.20. The Balaban J connectivity index is 1.52. The van der Waals surface area contributed by atoms with Gasteiger partial charge in [-0.2, -0.15) is 0 Å². The first-order chi connectivity index (χ1) is 14.4. The molecule has 0 atom stereocenters. The highest BCUT2D eigenvalue weighted by Gasteiger charge is 2.15. The molecule has 0 fully saturated rings. The topological polar surface area (TPSA) is 112 Å². The van der Waals surface area contributed by atoms with Gasteiger partial charge in [-0.25, -0.2) is 4.79 Å². The third kappa shape index (κ3) is 3.82. The summed E-state index contributed by atoms with van der Waals surface area (Å²) >= 11 is 0. The summed E-state index contributed by atoms with van der Waals surface area (Å²) in [6.07, 6.45) is 0.0789. The van der Waals surface area contributed by atoms with E-state index in [1.165, 1.54) is 11.7 Å². The zero-order valence-corrected chi connectivity index (χ0v) is 16.8. The second kappa shape index (κ2) is 7.86. The molecular weight excluding hydrogens is 388 g/mol. The molecule has 0 aliphatic rings. The largest absolute Gasteiger partial charge is 0.495 e. The summed E-state index contributed by atoms with van der Waals surface area (Å²) in [4.78, 5) is 24.7. The predicted octanol–water partition coefficient (Wildman–Crippen LogP) is 3.30. The molecular formula is C21H20N4O5. The van der Waals surface area contributed by atoms with Gasteiger partial charge in [0.2, 0.25) is 17.7 Å². The van der Waals surface area contributed by atoms with Gasteiger partial charge >= 0.3 is 5.76 Å². The summed E-state index contributed by atoms with van der Waals surface area (Å²) in [5.41, 5.74) is 3.28. The quantitative estimate of drug-likeness (QED) is 0.521.